The average Bonchev–Trinajstić information content (AvgIpc) is 2.46. The van der Waals surface area contributed by atoms with Gasteiger partial charge in [-0.05, 0) is 31.2 Å². The van der Waals surface area contributed by atoms with E-state index in [1.54, 1.807) is 12.1 Å². The molecule has 0 radical (unpaired) electrons. The summed E-state index contributed by atoms with van der Waals surface area (Å²) in [5, 5.41) is 0.198. The maximum atomic E-state index is 12.0. The van der Waals surface area contributed by atoms with E-state index in [1.165, 1.54) is 12.1 Å². The minimum Gasteiger partial charge on any atom is -0.494 e. The molecule has 0 amide bonds. The van der Waals surface area contributed by atoms with Gasteiger partial charge in [-0.1, -0.05) is 18.2 Å². The zero-order chi connectivity index (χ0) is 16.6. The van der Waals surface area contributed by atoms with Crippen molar-refractivity contribution in [2.45, 2.75) is 18.2 Å². The van der Waals surface area contributed by atoms with Crippen LogP contribution in [0.1, 0.15) is 13.3 Å². The Labute approximate surface area is 135 Å². The van der Waals surface area contributed by atoms with Gasteiger partial charge in [0.15, 0.2) is 0 Å². The highest BCUT2D eigenvalue weighted by Gasteiger charge is 2.14. The Balaban J connectivity index is 2.50. The first-order valence-electron chi connectivity index (χ1n) is 6.56. The molecule has 6 nitrogen and oxygen atoms in total. The first kappa shape index (κ1) is 18.5. The van der Waals surface area contributed by atoms with E-state index >= 15 is 0 Å². The van der Waals surface area contributed by atoms with E-state index in [-0.39, 0.29) is 29.5 Å². The third kappa shape index (κ3) is 6.46. The Morgan fingerprint density at radius 1 is 1.32 bits per heavy atom. The van der Waals surface area contributed by atoms with Crippen LogP contribution in [0.25, 0.3) is 0 Å². The second-order valence-electron chi connectivity index (χ2n) is 4.23. The van der Waals surface area contributed by atoms with Crippen molar-refractivity contribution < 1.29 is 22.7 Å². The number of carbonyl (C=O) groups excluding carboxylic acids is 1. The Morgan fingerprint density at radius 2 is 1.95 bits per heavy atom. The number of hydrogen-bond donors (Lipinski definition) is 1. The number of hydrogen-bond acceptors (Lipinski definition) is 5. The van der Waals surface area contributed by atoms with Gasteiger partial charge in [0.25, 0.3) is 0 Å². The Kier molecular flexibility index (Phi) is 7.37. The highest BCUT2D eigenvalue weighted by atomic mass is 35.5. The molecule has 0 saturated heterocycles. The summed E-state index contributed by atoms with van der Waals surface area (Å²) in [4.78, 5) is 11.4. The molecular weight excluding hydrogens is 330 g/mol. The van der Waals surface area contributed by atoms with E-state index < -0.39 is 16.0 Å². The van der Waals surface area contributed by atoms with Crippen LogP contribution in [0.2, 0.25) is 0 Å². The van der Waals surface area contributed by atoms with E-state index in [0.717, 1.165) is 0 Å². The third-order valence-electron chi connectivity index (χ3n) is 2.46. The molecule has 0 atom stereocenters. The van der Waals surface area contributed by atoms with Gasteiger partial charge in [-0.2, -0.15) is 0 Å². The van der Waals surface area contributed by atoms with Crippen LogP contribution in [0.15, 0.2) is 40.8 Å². The first-order chi connectivity index (χ1) is 10.3. The fourth-order valence-corrected chi connectivity index (χ4v) is 2.57. The molecule has 0 aliphatic heterocycles. The number of benzene rings is 1. The molecule has 0 heterocycles. The van der Waals surface area contributed by atoms with Gasteiger partial charge in [-0.15, -0.1) is 0 Å². The monoisotopic (exact) mass is 347 g/mol. The third-order valence-corrected chi connectivity index (χ3v) is 4.04. The van der Waals surface area contributed by atoms with Crippen molar-refractivity contribution in [2.24, 2.45) is 0 Å². The lowest BCUT2D eigenvalue weighted by atomic mass is 10.3. The Hall–Kier alpha value is -1.57. The quantitative estimate of drug-likeness (QED) is 0.691. The van der Waals surface area contributed by atoms with Crippen molar-refractivity contribution >= 4 is 27.6 Å². The lowest BCUT2D eigenvalue weighted by Crippen LogP contribution is -2.26. The van der Waals surface area contributed by atoms with Gasteiger partial charge in [0.1, 0.15) is 12.4 Å². The fraction of sp³-hybridized carbons (Fsp3) is 0.357. The van der Waals surface area contributed by atoms with Gasteiger partial charge in [0, 0.05) is 11.6 Å². The summed E-state index contributed by atoms with van der Waals surface area (Å²) in [6.45, 7) is 5.55. The Bertz CT molecular complexity index is 613. The topological polar surface area (TPSA) is 81.7 Å². The van der Waals surface area contributed by atoms with E-state index in [0.29, 0.717) is 12.4 Å². The maximum absolute atomic E-state index is 12.0. The molecule has 22 heavy (non-hydrogen) atoms. The number of sulfonamides is 1. The summed E-state index contributed by atoms with van der Waals surface area (Å²) in [5.41, 5.74) is 0. The summed E-state index contributed by atoms with van der Waals surface area (Å²) >= 11 is 5.45. The van der Waals surface area contributed by atoms with Gasteiger partial charge in [-0.25, -0.2) is 13.1 Å². The predicted octanol–water partition coefficient (Wildman–Crippen LogP) is 2.05. The summed E-state index contributed by atoms with van der Waals surface area (Å²) in [6.07, 6.45) is -0.0968. The molecule has 0 aromatic heterocycles. The molecule has 1 rings (SSSR count). The van der Waals surface area contributed by atoms with Crippen molar-refractivity contribution in [1.29, 1.82) is 0 Å². The highest BCUT2D eigenvalue weighted by molar-refractivity contribution is 7.89. The van der Waals surface area contributed by atoms with Crippen LogP contribution >= 0.6 is 11.6 Å². The largest absolute Gasteiger partial charge is 0.494 e. The molecule has 1 aromatic carbocycles. The highest BCUT2D eigenvalue weighted by Crippen LogP contribution is 2.15. The molecule has 0 unspecified atom stereocenters. The van der Waals surface area contributed by atoms with Gasteiger partial charge < -0.3 is 9.47 Å². The van der Waals surface area contributed by atoms with Crippen molar-refractivity contribution in [1.82, 2.24) is 4.72 Å². The summed E-state index contributed by atoms with van der Waals surface area (Å²) in [5.74, 6) is 0.0301. The number of halogens is 1. The van der Waals surface area contributed by atoms with Crippen molar-refractivity contribution in [2.75, 3.05) is 19.8 Å². The van der Waals surface area contributed by atoms with E-state index in [9.17, 15) is 13.2 Å². The molecule has 0 saturated carbocycles. The van der Waals surface area contributed by atoms with Gasteiger partial charge >= 0.3 is 5.97 Å². The van der Waals surface area contributed by atoms with Gasteiger partial charge in [0.2, 0.25) is 10.0 Å². The molecule has 122 valence electrons. The van der Waals surface area contributed by atoms with Crippen LogP contribution in [-0.2, 0) is 19.6 Å². The van der Waals surface area contributed by atoms with Crippen LogP contribution in [0.3, 0.4) is 0 Å². The van der Waals surface area contributed by atoms with Crippen LogP contribution in [0.4, 0.5) is 0 Å². The first-order valence-corrected chi connectivity index (χ1v) is 8.42. The van der Waals surface area contributed by atoms with Crippen LogP contribution in [0, 0.1) is 0 Å². The van der Waals surface area contributed by atoms with E-state index in [4.69, 9.17) is 21.1 Å². The SMILES string of the molecule is C=C(Cl)COC(=O)CCNS(=O)(=O)c1ccc(OCC)cc1. The van der Waals surface area contributed by atoms with Crippen molar-refractivity contribution in [3.05, 3.63) is 35.9 Å². The Morgan fingerprint density at radius 3 is 2.50 bits per heavy atom. The zero-order valence-electron chi connectivity index (χ0n) is 12.2. The van der Waals surface area contributed by atoms with Crippen LogP contribution in [-0.4, -0.2) is 34.1 Å². The van der Waals surface area contributed by atoms with Crippen LogP contribution in [0.5, 0.6) is 5.75 Å². The van der Waals surface area contributed by atoms with Crippen LogP contribution < -0.4 is 9.46 Å². The zero-order valence-corrected chi connectivity index (χ0v) is 13.7. The second-order valence-corrected chi connectivity index (χ2v) is 6.53. The number of ether oxygens (including phenoxy) is 2. The number of nitrogens with one attached hydrogen (secondary N) is 1. The molecule has 8 heteroatoms. The molecule has 0 aliphatic rings. The van der Waals surface area contributed by atoms with Crippen molar-refractivity contribution in [3.8, 4) is 5.75 Å². The summed E-state index contributed by atoms with van der Waals surface area (Å²) in [6, 6.07) is 6.00. The smallest absolute Gasteiger partial charge is 0.307 e. The molecule has 0 aliphatic carbocycles. The summed E-state index contributed by atoms with van der Waals surface area (Å²) in [7, 11) is -3.68. The lowest BCUT2D eigenvalue weighted by molar-refractivity contribution is -0.142. The molecule has 1 aromatic rings. The average molecular weight is 348 g/mol. The molecule has 0 bridgehead atoms. The van der Waals surface area contributed by atoms with E-state index in [1.807, 2.05) is 6.92 Å². The van der Waals surface area contributed by atoms with E-state index in [2.05, 4.69) is 11.3 Å². The number of esters is 1. The minimum absolute atomic E-state index is 0.0663. The minimum atomic E-state index is -3.68. The second kappa shape index (κ2) is 8.77. The predicted molar refractivity (Wildman–Crippen MR) is 83.4 cm³/mol. The molecule has 1 N–H and O–H groups in total. The van der Waals surface area contributed by atoms with Gasteiger partial charge in [-0.3, -0.25) is 4.79 Å². The van der Waals surface area contributed by atoms with Gasteiger partial charge in [0.05, 0.1) is 17.9 Å². The molecule has 0 fully saturated rings. The lowest BCUT2D eigenvalue weighted by Gasteiger charge is -2.08. The number of carbonyl (C=O) groups is 1. The number of rotatable bonds is 9. The van der Waals surface area contributed by atoms with Crippen molar-refractivity contribution in [3.63, 3.8) is 0 Å². The standard InChI is InChI=1S/C14H18ClNO5S/c1-3-20-12-4-6-13(7-5-12)22(18,19)16-9-8-14(17)21-10-11(2)15/h4-7,16H,2-3,8-10H2,1H3. The normalized spacial score (nSPS) is 11.0. The molecule has 0 spiro atoms. The summed E-state index contributed by atoms with van der Waals surface area (Å²) < 4.78 is 36.3. The molecular formula is C14H18ClNO5S. The fourth-order valence-electron chi connectivity index (χ4n) is 1.48. The maximum Gasteiger partial charge on any atom is 0.307 e.